The SMILES string of the molecule is O=C(c1ccc(F)cc1)N1CCN(C2=C([N+](=O)[O-])C(=O)N(Cc3ccccc3)C3CCCCC23)CC1. The summed E-state index contributed by atoms with van der Waals surface area (Å²) in [5.74, 6) is -1.21. The first kappa shape index (κ1) is 24.0. The van der Waals surface area contributed by atoms with Crippen LogP contribution in [0.4, 0.5) is 4.39 Å². The van der Waals surface area contributed by atoms with Gasteiger partial charge in [-0.05, 0) is 42.7 Å². The highest BCUT2D eigenvalue weighted by atomic mass is 19.1. The smallest absolute Gasteiger partial charge is 0.352 e. The van der Waals surface area contributed by atoms with Crippen LogP contribution < -0.4 is 0 Å². The molecule has 0 N–H and O–H groups in total. The molecule has 1 saturated carbocycles. The fourth-order valence-corrected chi connectivity index (χ4v) is 5.83. The lowest BCUT2D eigenvalue weighted by Gasteiger charge is -2.47. The van der Waals surface area contributed by atoms with Crippen molar-refractivity contribution in [1.82, 2.24) is 14.7 Å². The summed E-state index contributed by atoms with van der Waals surface area (Å²) < 4.78 is 13.2. The Kier molecular flexibility index (Phi) is 6.71. The lowest BCUT2D eigenvalue weighted by molar-refractivity contribution is -0.424. The number of hydrogen-bond donors (Lipinski definition) is 0. The summed E-state index contributed by atoms with van der Waals surface area (Å²) in [7, 11) is 0. The van der Waals surface area contributed by atoms with Crippen LogP contribution in [0.3, 0.4) is 0 Å². The molecule has 1 aliphatic carbocycles. The van der Waals surface area contributed by atoms with Crippen molar-refractivity contribution in [3.63, 3.8) is 0 Å². The van der Waals surface area contributed by atoms with Crippen LogP contribution in [-0.4, -0.2) is 63.7 Å². The summed E-state index contributed by atoms with van der Waals surface area (Å²) in [6.07, 6.45) is 3.57. The molecule has 0 aromatic heterocycles. The Hall–Kier alpha value is -3.75. The number of fused-ring (bicyclic) bond motifs is 1. The van der Waals surface area contributed by atoms with Gasteiger partial charge in [-0.2, -0.15) is 0 Å². The van der Waals surface area contributed by atoms with Gasteiger partial charge in [-0.1, -0.05) is 43.2 Å². The lowest BCUT2D eigenvalue weighted by Crippen LogP contribution is -2.57. The van der Waals surface area contributed by atoms with E-state index in [-0.39, 0.29) is 23.6 Å². The van der Waals surface area contributed by atoms with Crippen molar-refractivity contribution in [2.24, 2.45) is 5.92 Å². The Labute approximate surface area is 209 Å². The summed E-state index contributed by atoms with van der Waals surface area (Å²) in [4.78, 5) is 43.5. The number of halogens is 1. The van der Waals surface area contributed by atoms with E-state index in [0.29, 0.717) is 44.0 Å². The van der Waals surface area contributed by atoms with Crippen molar-refractivity contribution >= 4 is 11.8 Å². The predicted octanol–water partition coefficient (Wildman–Crippen LogP) is 3.67. The molecule has 2 amide bonds. The van der Waals surface area contributed by atoms with Crippen molar-refractivity contribution in [3.8, 4) is 0 Å². The highest BCUT2D eigenvalue weighted by Crippen LogP contribution is 2.42. The maximum atomic E-state index is 13.6. The minimum absolute atomic E-state index is 0.0796. The number of carbonyl (C=O) groups excluding carboxylic acids is 2. The van der Waals surface area contributed by atoms with Gasteiger partial charge in [0.05, 0.1) is 4.92 Å². The van der Waals surface area contributed by atoms with Gasteiger partial charge in [-0.3, -0.25) is 19.7 Å². The molecule has 2 heterocycles. The number of piperazine rings is 1. The number of hydrogen-bond acceptors (Lipinski definition) is 5. The Balaban J connectivity index is 1.40. The highest BCUT2D eigenvalue weighted by Gasteiger charge is 2.50. The average Bonchev–Trinajstić information content (AvgIpc) is 2.90. The van der Waals surface area contributed by atoms with E-state index in [9.17, 15) is 24.1 Å². The highest BCUT2D eigenvalue weighted by molar-refractivity contribution is 5.94. The molecule has 188 valence electrons. The van der Waals surface area contributed by atoms with Crippen molar-refractivity contribution in [2.75, 3.05) is 26.2 Å². The van der Waals surface area contributed by atoms with Crippen molar-refractivity contribution in [2.45, 2.75) is 38.3 Å². The standard InChI is InChI=1S/C27H29FN4O4/c28-21-12-10-20(11-13-21)26(33)30-16-14-29(15-17-30)24-22-8-4-5-9-23(22)31(27(34)25(24)32(35)36)18-19-6-2-1-3-7-19/h1-3,6-7,10-13,22-23H,4-5,8-9,14-18H2. The van der Waals surface area contributed by atoms with Gasteiger partial charge in [0.15, 0.2) is 0 Å². The fourth-order valence-electron chi connectivity index (χ4n) is 5.83. The molecule has 2 atom stereocenters. The van der Waals surface area contributed by atoms with Crippen molar-refractivity contribution in [1.29, 1.82) is 0 Å². The summed E-state index contributed by atoms with van der Waals surface area (Å²) >= 11 is 0. The molecule has 2 fully saturated rings. The Morgan fingerprint density at radius 3 is 2.31 bits per heavy atom. The van der Waals surface area contributed by atoms with Gasteiger partial charge in [-0.25, -0.2) is 4.39 Å². The molecule has 2 aromatic rings. The molecule has 0 bridgehead atoms. The second-order valence-electron chi connectivity index (χ2n) is 9.65. The third-order valence-electron chi connectivity index (χ3n) is 7.56. The van der Waals surface area contributed by atoms with Crippen LogP contribution in [0.25, 0.3) is 0 Å². The van der Waals surface area contributed by atoms with E-state index in [2.05, 4.69) is 0 Å². The maximum absolute atomic E-state index is 13.6. The number of benzene rings is 2. The third-order valence-corrected chi connectivity index (χ3v) is 7.56. The van der Waals surface area contributed by atoms with E-state index in [1.807, 2.05) is 35.2 Å². The van der Waals surface area contributed by atoms with E-state index in [1.165, 1.54) is 24.3 Å². The molecule has 1 saturated heterocycles. The van der Waals surface area contributed by atoms with E-state index in [0.717, 1.165) is 31.2 Å². The molecule has 0 spiro atoms. The van der Waals surface area contributed by atoms with Crippen molar-refractivity contribution < 1.29 is 18.9 Å². The second kappa shape index (κ2) is 10.1. The van der Waals surface area contributed by atoms with Gasteiger partial charge in [0.25, 0.3) is 5.91 Å². The zero-order valence-corrected chi connectivity index (χ0v) is 20.0. The Morgan fingerprint density at radius 2 is 1.64 bits per heavy atom. The topological polar surface area (TPSA) is 87.0 Å². The van der Waals surface area contributed by atoms with Gasteiger partial charge in [0, 0.05) is 50.2 Å². The number of nitro groups is 1. The van der Waals surface area contributed by atoms with Crippen LogP contribution in [-0.2, 0) is 11.3 Å². The summed E-state index contributed by atoms with van der Waals surface area (Å²) in [6.45, 7) is 1.93. The summed E-state index contributed by atoms with van der Waals surface area (Å²) in [5.41, 5.74) is 1.57. The molecule has 2 unspecified atom stereocenters. The van der Waals surface area contributed by atoms with E-state index in [1.54, 1.807) is 9.80 Å². The first-order chi connectivity index (χ1) is 17.4. The average molecular weight is 493 g/mol. The van der Waals surface area contributed by atoms with Gasteiger partial charge in [0.1, 0.15) is 11.5 Å². The number of carbonyl (C=O) groups is 2. The van der Waals surface area contributed by atoms with Crippen LogP contribution in [0.5, 0.6) is 0 Å². The van der Waals surface area contributed by atoms with E-state index >= 15 is 0 Å². The predicted molar refractivity (Wildman–Crippen MR) is 131 cm³/mol. The quantitative estimate of drug-likeness (QED) is 0.470. The molecule has 9 heteroatoms. The molecule has 36 heavy (non-hydrogen) atoms. The molecule has 0 radical (unpaired) electrons. The van der Waals surface area contributed by atoms with Crippen LogP contribution in [0.2, 0.25) is 0 Å². The van der Waals surface area contributed by atoms with E-state index < -0.39 is 16.6 Å². The molecule has 3 aliphatic rings. The first-order valence-electron chi connectivity index (χ1n) is 12.5. The Bertz CT molecular complexity index is 1180. The van der Waals surface area contributed by atoms with Crippen LogP contribution in [0, 0.1) is 21.8 Å². The molecular formula is C27H29FN4O4. The monoisotopic (exact) mass is 492 g/mol. The van der Waals surface area contributed by atoms with Crippen LogP contribution >= 0.6 is 0 Å². The van der Waals surface area contributed by atoms with Gasteiger partial charge in [0.2, 0.25) is 0 Å². The fraction of sp³-hybridized carbons (Fsp3) is 0.407. The number of amides is 2. The van der Waals surface area contributed by atoms with Crippen LogP contribution in [0.15, 0.2) is 66.0 Å². The molecule has 8 nitrogen and oxygen atoms in total. The molecule has 5 rings (SSSR count). The summed E-state index contributed by atoms with van der Waals surface area (Å²) in [6, 6.07) is 15.0. The second-order valence-corrected chi connectivity index (χ2v) is 9.65. The zero-order valence-electron chi connectivity index (χ0n) is 20.0. The normalized spacial score (nSPS) is 22.5. The number of rotatable bonds is 5. The number of nitrogens with zero attached hydrogens (tertiary/aromatic N) is 4. The molecule has 2 aromatic carbocycles. The molecular weight excluding hydrogens is 463 g/mol. The molecule has 2 aliphatic heterocycles. The van der Waals surface area contributed by atoms with Crippen molar-refractivity contribution in [3.05, 3.63) is 93.0 Å². The lowest BCUT2D eigenvalue weighted by atomic mass is 9.77. The third kappa shape index (κ3) is 4.57. The largest absolute Gasteiger partial charge is 0.365 e. The minimum Gasteiger partial charge on any atom is -0.365 e. The summed E-state index contributed by atoms with van der Waals surface area (Å²) in [5, 5.41) is 12.3. The van der Waals surface area contributed by atoms with E-state index in [4.69, 9.17) is 0 Å². The maximum Gasteiger partial charge on any atom is 0.352 e. The zero-order chi connectivity index (χ0) is 25.2. The Morgan fingerprint density at radius 1 is 0.972 bits per heavy atom. The van der Waals surface area contributed by atoms with Gasteiger partial charge >= 0.3 is 11.6 Å². The first-order valence-corrected chi connectivity index (χ1v) is 12.5. The van der Waals surface area contributed by atoms with Gasteiger partial charge < -0.3 is 14.7 Å². The minimum atomic E-state index is -0.521. The van der Waals surface area contributed by atoms with Crippen LogP contribution in [0.1, 0.15) is 41.6 Å². The van der Waals surface area contributed by atoms with Gasteiger partial charge in [-0.15, -0.1) is 0 Å².